The number of nitrogens with two attached hydrogens (primary N) is 2. The first-order valence-electron chi connectivity index (χ1n) is 5.84. The van der Waals surface area contributed by atoms with Crippen LogP contribution in [0.3, 0.4) is 0 Å². The average molecular weight is 302 g/mol. The lowest BCUT2D eigenvalue weighted by molar-refractivity contribution is -0.303. The van der Waals surface area contributed by atoms with E-state index in [1.807, 2.05) is 0 Å². The minimum absolute atomic E-state index is 0.285. The smallest absolute Gasteiger partial charge is 0.480 e. The molecule has 0 amide bonds. The highest BCUT2D eigenvalue weighted by Gasteiger charge is 2.38. The average Bonchev–Trinajstić information content (AvgIpc) is 2.41. The van der Waals surface area contributed by atoms with Crippen molar-refractivity contribution in [2.24, 2.45) is 11.5 Å². The molecule has 1 heterocycles. The summed E-state index contributed by atoms with van der Waals surface area (Å²) in [5, 5.41) is 7.63. The summed E-state index contributed by atoms with van der Waals surface area (Å²) in [4.78, 5) is 0. The summed E-state index contributed by atoms with van der Waals surface area (Å²) >= 11 is 0. The van der Waals surface area contributed by atoms with E-state index in [-0.39, 0.29) is 5.88 Å². The van der Waals surface area contributed by atoms with E-state index in [1.165, 1.54) is 19.3 Å². The third-order valence-electron chi connectivity index (χ3n) is 2.95. The van der Waals surface area contributed by atoms with Crippen LogP contribution < -0.4 is 16.2 Å². The first-order chi connectivity index (χ1) is 9.74. The fourth-order valence-corrected chi connectivity index (χ4v) is 1.82. The summed E-state index contributed by atoms with van der Waals surface area (Å²) in [7, 11) is 1.43. The van der Waals surface area contributed by atoms with E-state index in [2.05, 4.69) is 14.9 Å². The Hall–Kier alpha value is -2.13. The van der Waals surface area contributed by atoms with E-state index in [0.717, 1.165) is 12.2 Å². The molecule has 0 aliphatic heterocycles. The maximum Gasteiger partial charge on any atom is 0.573 e. The summed E-state index contributed by atoms with van der Waals surface area (Å²) < 4.78 is 45.1. The van der Waals surface area contributed by atoms with Crippen molar-refractivity contribution in [3.8, 4) is 5.88 Å². The zero-order chi connectivity index (χ0) is 15.7. The molecule has 2 unspecified atom stereocenters. The zero-order valence-electron chi connectivity index (χ0n) is 11.0. The van der Waals surface area contributed by atoms with Gasteiger partial charge in [-0.1, -0.05) is 6.08 Å². The Morgan fingerprint density at radius 1 is 1.29 bits per heavy atom. The highest BCUT2D eigenvalue weighted by molar-refractivity contribution is 5.36. The summed E-state index contributed by atoms with van der Waals surface area (Å²) in [6, 6.07) is 2.12. The van der Waals surface area contributed by atoms with Gasteiger partial charge in [-0.15, -0.1) is 23.4 Å². The molecule has 6 nitrogen and oxygen atoms in total. The van der Waals surface area contributed by atoms with Gasteiger partial charge in [-0.2, -0.15) is 0 Å². The van der Waals surface area contributed by atoms with Gasteiger partial charge in [0.05, 0.1) is 24.4 Å². The Morgan fingerprint density at radius 3 is 2.48 bits per heavy atom. The number of ether oxygens (including phenoxy) is 2. The lowest BCUT2D eigenvalue weighted by Gasteiger charge is -2.32. The van der Waals surface area contributed by atoms with Crippen LogP contribution in [0.5, 0.6) is 5.88 Å². The van der Waals surface area contributed by atoms with Crippen molar-refractivity contribution < 1.29 is 22.6 Å². The number of aromatic nitrogens is 2. The molecule has 0 bridgehead atoms. The number of allylic oxidation sites excluding steroid dienone is 1. The zero-order valence-corrected chi connectivity index (χ0v) is 11.0. The van der Waals surface area contributed by atoms with Crippen molar-refractivity contribution in [3.05, 3.63) is 41.8 Å². The quantitative estimate of drug-likeness (QED) is 0.863. The van der Waals surface area contributed by atoms with Gasteiger partial charge in [0.15, 0.2) is 0 Å². The van der Waals surface area contributed by atoms with Crippen LogP contribution in [0, 0.1) is 0 Å². The molecule has 2 atom stereocenters. The van der Waals surface area contributed by atoms with Crippen molar-refractivity contribution in [3.63, 3.8) is 0 Å². The van der Waals surface area contributed by atoms with Crippen LogP contribution in [0.4, 0.5) is 13.2 Å². The minimum Gasteiger partial charge on any atom is -0.480 e. The largest absolute Gasteiger partial charge is 0.573 e. The Balaban J connectivity index is 2.23. The molecule has 0 saturated heterocycles. The molecule has 1 aromatic rings. The number of hydrogen-bond donors (Lipinski definition) is 2. The number of nitrogens with zero attached hydrogens (tertiary/aromatic N) is 2. The van der Waals surface area contributed by atoms with Crippen LogP contribution in [0.15, 0.2) is 36.1 Å². The first kappa shape index (κ1) is 15.3. The van der Waals surface area contributed by atoms with E-state index in [0.29, 0.717) is 5.69 Å². The Kier molecular flexibility index (Phi) is 3.88. The van der Waals surface area contributed by atoms with E-state index >= 15 is 0 Å². The predicted molar refractivity (Wildman–Crippen MR) is 66.8 cm³/mol. The van der Waals surface area contributed by atoms with Gasteiger partial charge in [0.25, 0.3) is 0 Å². The molecule has 0 saturated carbocycles. The topological polar surface area (TPSA) is 96.3 Å². The minimum atomic E-state index is -4.79. The lowest BCUT2D eigenvalue weighted by Crippen LogP contribution is -2.52. The molecule has 21 heavy (non-hydrogen) atoms. The van der Waals surface area contributed by atoms with E-state index in [4.69, 9.17) is 16.2 Å². The molecule has 0 spiro atoms. The standard InChI is InChI=1S/C12H13F3N4O2/c1-20-10-3-2-9(18-19-10)11(17)5-4-7(6-8(11)16)21-12(13,14)15/h2-6,8H,16-17H2,1H3. The Labute approximate surface area is 118 Å². The van der Waals surface area contributed by atoms with Crippen LogP contribution in [0.25, 0.3) is 0 Å². The second kappa shape index (κ2) is 5.34. The van der Waals surface area contributed by atoms with Gasteiger partial charge in [-0.05, 0) is 18.2 Å². The predicted octanol–water partition coefficient (Wildman–Crippen LogP) is 0.957. The normalized spacial score (nSPS) is 25.4. The van der Waals surface area contributed by atoms with Gasteiger partial charge in [-0.25, -0.2) is 0 Å². The van der Waals surface area contributed by atoms with Crippen LogP contribution in [0.1, 0.15) is 5.69 Å². The fraction of sp³-hybridized carbons (Fsp3) is 0.333. The van der Waals surface area contributed by atoms with Gasteiger partial charge >= 0.3 is 6.36 Å². The number of hydrogen-bond acceptors (Lipinski definition) is 6. The molecule has 0 aromatic carbocycles. The maximum atomic E-state index is 12.2. The SMILES string of the molecule is COc1ccc(C2(N)C=CC(OC(F)(F)F)=CC2N)nn1. The molecule has 0 radical (unpaired) electrons. The molecule has 0 fully saturated rings. The van der Waals surface area contributed by atoms with Gasteiger partial charge in [0.2, 0.25) is 5.88 Å². The molecular weight excluding hydrogens is 289 g/mol. The third-order valence-corrected chi connectivity index (χ3v) is 2.95. The number of methoxy groups -OCH3 is 1. The summed E-state index contributed by atoms with van der Waals surface area (Å²) in [6.45, 7) is 0. The third kappa shape index (κ3) is 3.31. The lowest BCUT2D eigenvalue weighted by atomic mass is 9.84. The highest BCUT2D eigenvalue weighted by atomic mass is 19.4. The van der Waals surface area contributed by atoms with E-state index < -0.39 is 23.7 Å². The van der Waals surface area contributed by atoms with E-state index in [9.17, 15) is 13.2 Å². The van der Waals surface area contributed by atoms with Crippen molar-refractivity contribution in [1.82, 2.24) is 10.2 Å². The molecule has 1 aromatic heterocycles. The van der Waals surface area contributed by atoms with Crippen LogP contribution in [0.2, 0.25) is 0 Å². The van der Waals surface area contributed by atoms with Gasteiger partial charge in [0, 0.05) is 6.07 Å². The second-order valence-corrected chi connectivity index (χ2v) is 4.37. The second-order valence-electron chi connectivity index (χ2n) is 4.37. The highest BCUT2D eigenvalue weighted by Crippen LogP contribution is 2.30. The Morgan fingerprint density at radius 2 is 2.00 bits per heavy atom. The van der Waals surface area contributed by atoms with Crippen molar-refractivity contribution >= 4 is 0 Å². The molecule has 2 rings (SSSR count). The van der Waals surface area contributed by atoms with Crippen LogP contribution >= 0.6 is 0 Å². The number of alkyl halides is 3. The summed E-state index contributed by atoms with van der Waals surface area (Å²) in [5.74, 6) is -0.134. The van der Waals surface area contributed by atoms with Crippen molar-refractivity contribution in [2.75, 3.05) is 7.11 Å². The molecule has 1 aliphatic rings. The van der Waals surface area contributed by atoms with Gasteiger partial charge < -0.3 is 20.9 Å². The molecule has 114 valence electrons. The fourth-order valence-electron chi connectivity index (χ4n) is 1.82. The van der Waals surface area contributed by atoms with Crippen LogP contribution in [-0.4, -0.2) is 29.7 Å². The van der Waals surface area contributed by atoms with Crippen LogP contribution in [-0.2, 0) is 10.3 Å². The summed E-state index contributed by atoms with van der Waals surface area (Å²) in [6.07, 6.45) is -1.30. The molecule has 1 aliphatic carbocycles. The van der Waals surface area contributed by atoms with E-state index in [1.54, 1.807) is 6.07 Å². The van der Waals surface area contributed by atoms with Crippen molar-refractivity contribution in [1.29, 1.82) is 0 Å². The summed E-state index contributed by atoms with van der Waals surface area (Å²) in [5.41, 5.74) is 11.0. The maximum absolute atomic E-state index is 12.2. The first-order valence-corrected chi connectivity index (χ1v) is 5.84. The van der Waals surface area contributed by atoms with Gasteiger partial charge in [-0.3, -0.25) is 0 Å². The molecular formula is C12H13F3N4O2. The molecule has 9 heteroatoms. The Bertz CT molecular complexity index is 571. The van der Waals surface area contributed by atoms with Crippen molar-refractivity contribution in [2.45, 2.75) is 17.9 Å². The van der Waals surface area contributed by atoms with Gasteiger partial charge in [0.1, 0.15) is 5.76 Å². The number of rotatable bonds is 3. The molecule has 4 N–H and O–H groups in total. The number of halogens is 3. The monoisotopic (exact) mass is 302 g/mol.